The second-order valence-electron chi connectivity index (χ2n) is 5.67. The van der Waals surface area contributed by atoms with Crippen molar-refractivity contribution in [3.63, 3.8) is 0 Å². The summed E-state index contributed by atoms with van der Waals surface area (Å²) in [6.07, 6.45) is 2.25. The number of anilines is 1. The average molecular weight is 308 g/mol. The van der Waals surface area contributed by atoms with E-state index in [4.69, 9.17) is 5.73 Å². The molecule has 2 N–H and O–H groups in total. The first-order valence-corrected chi connectivity index (χ1v) is 7.53. The van der Waals surface area contributed by atoms with Gasteiger partial charge in [0.25, 0.3) is 5.78 Å². The lowest BCUT2D eigenvalue weighted by molar-refractivity contribution is -0.121. The van der Waals surface area contributed by atoms with E-state index in [2.05, 4.69) is 20.0 Å². The van der Waals surface area contributed by atoms with E-state index in [1.807, 2.05) is 36.4 Å². The SMILES string of the molecule is NC(=O)[C@H]1CCN(c2cc(-c3ccccc3)nc3ncnn23)C1. The highest BCUT2D eigenvalue weighted by atomic mass is 16.1. The molecule has 3 heterocycles. The van der Waals surface area contributed by atoms with Gasteiger partial charge in [-0.25, -0.2) is 4.98 Å². The summed E-state index contributed by atoms with van der Waals surface area (Å²) >= 11 is 0. The molecule has 23 heavy (non-hydrogen) atoms. The first kappa shape index (κ1) is 13.7. The highest BCUT2D eigenvalue weighted by Crippen LogP contribution is 2.27. The quantitative estimate of drug-likeness (QED) is 0.782. The molecule has 0 radical (unpaired) electrons. The summed E-state index contributed by atoms with van der Waals surface area (Å²) < 4.78 is 1.70. The number of rotatable bonds is 3. The Hall–Kier alpha value is -2.96. The van der Waals surface area contributed by atoms with Gasteiger partial charge in [0.2, 0.25) is 5.91 Å². The molecule has 1 saturated heterocycles. The van der Waals surface area contributed by atoms with Crippen LogP contribution in [0.25, 0.3) is 17.0 Å². The molecule has 1 atom stereocenters. The van der Waals surface area contributed by atoms with Gasteiger partial charge in [-0.1, -0.05) is 30.3 Å². The van der Waals surface area contributed by atoms with Gasteiger partial charge in [0.05, 0.1) is 11.6 Å². The molecule has 0 bridgehead atoms. The van der Waals surface area contributed by atoms with Gasteiger partial charge in [0, 0.05) is 24.7 Å². The fourth-order valence-electron chi connectivity index (χ4n) is 2.98. The molecule has 0 unspecified atom stereocenters. The number of nitrogens with two attached hydrogens (primary N) is 1. The van der Waals surface area contributed by atoms with Gasteiger partial charge < -0.3 is 10.6 Å². The number of nitrogens with zero attached hydrogens (tertiary/aromatic N) is 5. The van der Waals surface area contributed by atoms with E-state index in [1.54, 1.807) is 4.52 Å². The highest BCUT2D eigenvalue weighted by Gasteiger charge is 2.28. The molecule has 2 aromatic heterocycles. The van der Waals surface area contributed by atoms with E-state index < -0.39 is 0 Å². The van der Waals surface area contributed by atoms with Crippen molar-refractivity contribution in [1.29, 1.82) is 0 Å². The van der Waals surface area contributed by atoms with Crippen molar-refractivity contribution in [1.82, 2.24) is 19.6 Å². The predicted molar refractivity (Wildman–Crippen MR) is 85.7 cm³/mol. The number of amides is 1. The molecule has 1 amide bonds. The minimum absolute atomic E-state index is 0.123. The maximum atomic E-state index is 11.4. The van der Waals surface area contributed by atoms with Crippen LogP contribution in [0.3, 0.4) is 0 Å². The van der Waals surface area contributed by atoms with Crippen LogP contribution in [0.4, 0.5) is 5.82 Å². The average Bonchev–Trinajstić information content (AvgIpc) is 3.24. The molecule has 1 aromatic carbocycles. The van der Waals surface area contributed by atoms with Crippen molar-refractivity contribution in [2.75, 3.05) is 18.0 Å². The van der Waals surface area contributed by atoms with Gasteiger partial charge in [-0.05, 0) is 6.42 Å². The number of carbonyl (C=O) groups excluding carboxylic acids is 1. The first-order valence-electron chi connectivity index (χ1n) is 7.53. The number of hydrogen-bond acceptors (Lipinski definition) is 5. The van der Waals surface area contributed by atoms with Crippen molar-refractivity contribution >= 4 is 17.5 Å². The fourth-order valence-corrected chi connectivity index (χ4v) is 2.98. The normalized spacial score (nSPS) is 17.7. The number of aromatic nitrogens is 4. The number of hydrogen-bond donors (Lipinski definition) is 1. The van der Waals surface area contributed by atoms with Gasteiger partial charge in [0.1, 0.15) is 12.1 Å². The van der Waals surface area contributed by atoms with Crippen LogP contribution < -0.4 is 10.6 Å². The Balaban J connectivity index is 1.80. The second-order valence-corrected chi connectivity index (χ2v) is 5.67. The second kappa shape index (κ2) is 5.35. The Bertz CT molecular complexity index is 859. The monoisotopic (exact) mass is 308 g/mol. The van der Waals surface area contributed by atoms with Crippen LogP contribution in [0.2, 0.25) is 0 Å². The lowest BCUT2D eigenvalue weighted by Crippen LogP contribution is -2.28. The third-order valence-corrected chi connectivity index (χ3v) is 4.22. The van der Waals surface area contributed by atoms with Crippen LogP contribution in [0.15, 0.2) is 42.7 Å². The van der Waals surface area contributed by atoms with Crippen molar-refractivity contribution < 1.29 is 4.79 Å². The molecule has 1 aliphatic heterocycles. The van der Waals surface area contributed by atoms with Crippen LogP contribution in [0.5, 0.6) is 0 Å². The van der Waals surface area contributed by atoms with Crippen LogP contribution in [-0.4, -0.2) is 38.6 Å². The summed E-state index contributed by atoms with van der Waals surface area (Å²) in [7, 11) is 0. The molecular formula is C16H16N6O. The zero-order chi connectivity index (χ0) is 15.8. The van der Waals surface area contributed by atoms with Crippen LogP contribution in [-0.2, 0) is 4.79 Å². The van der Waals surface area contributed by atoms with E-state index in [9.17, 15) is 4.79 Å². The molecule has 0 spiro atoms. The third kappa shape index (κ3) is 2.40. The van der Waals surface area contributed by atoms with Crippen molar-refractivity contribution in [2.24, 2.45) is 11.7 Å². The van der Waals surface area contributed by atoms with Crippen molar-refractivity contribution in [2.45, 2.75) is 6.42 Å². The molecule has 4 rings (SSSR count). The molecule has 1 fully saturated rings. The minimum atomic E-state index is -0.250. The standard InChI is InChI=1S/C16H16N6O/c17-15(23)12-6-7-21(9-12)14-8-13(11-4-2-1-3-5-11)20-16-18-10-19-22(14)16/h1-5,8,10,12H,6-7,9H2,(H2,17,23)/t12-/m0/s1. The number of fused-ring (bicyclic) bond motifs is 1. The molecule has 0 aliphatic carbocycles. The van der Waals surface area contributed by atoms with E-state index >= 15 is 0 Å². The highest BCUT2D eigenvalue weighted by molar-refractivity contribution is 5.78. The number of benzene rings is 1. The van der Waals surface area contributed by atoms with Gasteiger partial charge in [-0.3, -0.25) is 4.79 Å². The molecule has 116 valence electrons. The van der Waals surface area contributed by atoms with Gasteiger partial charge >= 0.3 is 0 Å². The smallest absolute Gasteiger partial charge is 0.254 e. The molecule has 7 heteroatoms. The summed E-state index contributed by atoms with van der Waals surface area (Å²) in [5, 5.41) is 4.25. The zero-order valence-electron chi connectivity index (χ0n) is 12.5. The third-order valence-electron chi connectivity index (χ3n) is 4.22. The topological polar surface area (TPSA) is 89.4 Å². The Morgan fingerprint density at radius 2 is 2.09 bits per heavy atom. The number of primary amides is 1. The zero-order valence-corrected chi connectivity index (χ0v) is 12.5. The summed E-state index contributed by atoms with van der Waals surface area (Å²) in [6.45, 7) is 1.36. The summed E-state index contributed by atoms with van der Waals surface area (Å²) in [6, 6.07) is 11.9. The van der Waals surface area contributed by atoms with Crippen LogP contribution in [0.1, 0.15) is 6.42 Å². The Kier molecular flexibility index (Phi) is 3.18. The molecule has 3 aromatic rings. The molecule has 1 aliphatic rings. The maximum absolute atomic E-state index is 11.4. The van der Waals surface area contributed by atoms with E-state index in [0.29, 0.717) is 12.3 Å². The van der Waals surface area contributed by atoms with Gasteiger partial charge in [-0.15, -0.1) is 0 Å². The lowest BCUT2D eigenvalue weighted by Gasteiger charge is -2.19. The van der Waals surface area contributed by atoms with Crippen molar-refractivity contribution in [3.05, 3.63) is 42.7 Å². The summed E-state index contributed by atoms with van der Waals surface area (Å²) in [4.78, 5) is 22.3. The summed E-state index contributed by atoms with van der Waals surface area (Å²) in [5.74, 6) is 1.06. The fraction of sp³-hybridized carbons (Fsp3) is 0.250. The number of carbonyl (C=O) groups is 1. The Morgan fingerprint density at radius 3 is 2.83 bits per heavy atom. The Morgan fingerprint density at radius 1 is 1.26 bits per heavy atom. The van der Waals surface area contributed by atoms with E-state index in [-0.39, 0.29) is 11.8 Å². The summed E-state index contributed by atoms with van der Waals surface area (Å²) in [5.41, 5.74) is 7.29. The first-order chi connectivity index (χ1) is 11.2. The predicted octanol–water partition coefficient (Wildman–Crippen LogP) is 1.10. The van der Waals surface area contributed by atoms with Crippen LogP contribution >= 0.6 is 0 Å². The van der Waals surface area contributed by atoms with Gasteiger partial charge in [-0.2, -0.15) is 14.6 Å². The largest absolute Gasteiger partial charge is 0.369 e. The van der Waals surface area contributed by atoms with Crippen molar-refractivity contribution in [3.8, 4) is 11.3 Å². The molecular weight excluding hydrogens is 292 g/mol. The van der Waals surface area contributed by atoms with E-state index in [0.717, 1.165) is 30.0 Å². The Labute approximate surface area is 132 Å². The maximum Gasteiger partial charge on any atom is 0.254 e. The minimum Gasteiger partial charge on any atom is -0.369 e. The lowest BCUT2D eigenvalue weighted by atomic mass is 10.1. The van der Waals surface area contributed by atoms with Crippen LogP contribution in [0, 0.1) is 5.92 Å². The molecule has 7 nitrogen and oxygen atoms in total. The van der Waals surface area contributed by atoms with E-state index in [1.165, 1.54) is 6.33 Å². The van der Waals surface area contributed by atoms with Gasteiger partial charge in [0.15, 0.2) is 0 Å². The molecule has 0 saturated carbocycles.